The Morgan fingerprint density at radius 3 is 2.92 bits per heavy atom. The van der Waals surface area contributed by atoms with E-state index in [0.717, 1.165) is 36.5 Å². The van der Waals surface area contributed by atoms with Gasteiger partial charge in [-0.05, 0) is 71.3 Å². The zero-order valence-electron chi connectivity index (χ0n) is 14.4. The summed E-state index contributed by atoms with van der Waals surface area (Å²) in [4.78, 5) is 17.0. The van der Waals surface area contributed by atoms with Crippen LogP contribution in [0, 0.1) is 6.92 Å². The van der Waals surface area contributed by atoms with Crippen molar-refractivity contribution in [1.29, 1.82) is 0 Å². The number of aromatic nitrogens is 5. The third kappa shape index (κ3) is 3.18. The van der Waals surface area contributed by atoms with Crippen molar-refractivity contribution in [3.05, 3.63) is 64.7 Å². The molecule has 0 unspecified atom stereocenters. The number of benzene rings is 1. The molecule has 8 nitrogen and oxygen atoms in total. The molecule has 132 valence electrons. The highest BCUT2D eigenvalue weighted by Gasteiger charge is 2.16. The Morgan fingerprint density at radius 1 is 1.31 bits per heavy atom. The fraction of sp³-hybridized carbons (Fsp3) is 0.278. The second-order valence-electron chi connectivity index (χ2n) is 6.24. The first-order valence-electron chi connectivity index (χ1n) is 8.51. The Labute approximate surface area is 150 Å². The van der Waals surface area contributed by atoms with Crippen LogP contribution in [0.2, 0.25) is 0 Å². The number of tetrazole rings is 1. The van der Waals surface area contributed by atoms with Crippen LogP contribution >= 0.6 is 0 Å². The van der Waals surface area contributed by atoms with Crippen LogP contribution in [0.15, 0.2) is 36.8 Å². The second-order valence-corrected chi connectivity index (χ2v) is 6.24. The smallest absolute Gasteiger partial charge is 0.251 e. The quantitative estimate of drug-likeness (QED) is 0.728. The summed E-state index contributed by atoms with van der Waals surface area (Å²) in [6, 6.07) is 7.16. The molecular formula is C18H19N7O. The Kier molecular flexibility index (Phi) is 4.40. The van der Waals surface area contributed by atoms with Gasteiger partial charge in [0.15, 0.2) is 0 Å². The zero-order valence-corrected chi connectivity index (χ0v) is 14.4. The van der Waals surface area contributed by atoms with Gasteiger partial charge in [-0.15, -0.1) is 5.10 Å². The molecule has 0 saturated heterocycles. The van der Waals surface area contributed by atoms with Crippen molar-refractivity contribution in [2.24, 2.45) is 0 Å². The molecular weight excluding hydrogens is 330 g/mol. The number of hydrogen-bond donors (Lipinski definition) is 2. The molecule has 0 spiro atoms. The van der Waals surface area contributed by atoms with Crippen LogP contribution in [0.5, 0.6) is 0 Å². The van der Waals surface area contributed by atoms with E-state index in [2.05, 4.69) is 31.1 Å². The minimum absolute atomic E-state index is 0.112. The van der Waals surface area contributed by atoms with Crippen LogP contribution in [-0.4, -0.2) is 37.6 Å². The van der Waals surface area contributed by atoms with E-state index in [9.17, 15) is 4.79 Å². The van der Waals surface area contributed by atoms with Crippen LogP contribution in [0.4, 0.5) is 0 Å². The van der Waals surface area contributed by atoms with Crippen LogP contribution in [0.25, 0.3) is 5.69 Å². The molecule has 0 saturated carbocycles. The van der Waals surface area contributed by atoms with Crippen molar-refractivity contribution < 1.29 is 4.79 Å². The lowest BCUT2D eigenvalue weighted by Gasteiger charge is -2.21. The van der Waals surface area contributed by atoms with E-state index in [-0.39, 0.29) is 5.91 Å². The lowest BCUT2D eigenvalue weighted by atomic mass is 9.96. The topological polar surface area (TPSA) is 97.6 Å². The number of amides is 1. The van der Waals surface area contributed by atoms with Gasteiger partial charge in [0, 0.05) is 30.5 Å². The van der Waals surface area contributed by atoms with Crippen molar-refractivity contribution in [2.45, 2.75) is 26.4 Å². The summed E-state index contributed by atoms with van der Waals surface area (Å²) >= 11 is 0. The molecule has 3 heterocycles. The van der Waals surface area contributed by atoms with Gasteiger partial charge in [-0.3, -0.25) is 9.78 Å². The molecule has 0 bridgehead atoms. The molecule has 0 atom stereocenters. The number of nitrogens with zero attached hydrogens (tertiary/aromatic N) is 5. The summed E-state index contributed by atoms with van der Waals surface area (Å²) in [7, 11) is 0. The highest BCUT2D eigenvalue weighted by atomic mass is 16.1. The van der Waals surface area contributed by atoms with E-state index in [1.54, 1.807) is 16.8 Å². The second kappa shape index (κ2) is 7.01. The maximum Gasteiger partial charge on any atom is 0.251 e. The van der Waals surface area contributed by atoms with Crippen molar-refractivity contribution in [2.75, 3.05) is 6.54 Å². The van der Waals surface area contributed by atoms with Crippen molar-refractivity contribution in [1.82, 2.24) is 35.8 Å². The lowest BCUT2D eigenvalue weighted by Crippen LogP contribution is -2.28. The molecule has 0 radical (unpaired) electrons. The van der Waals surface area contributed by atoms with Gasteiger partial charge in [0.25, 0.3) is 5.91 Å². The fourth-order valence-corrected chi connectivity index (χ4v) is 3.19. The van der Waals surface area contributed by atoms with E-state index >= 15 is 0 Å². The highest BCUT2D eigenvalue weighted by molar-refractivity contribution is 5.94. The predicted octanol–water partition coefficient (Wildman–Crippen LogP) is 0.941. The first kappa shape index (κ1) is 16.3. The van der Waals surface area contributed by atoms with Crippen molar-refractivity contribution in [3.8, 4) is 5.69 Å². The summed E-state index contributed by atoms with van der Waals surface area (Å²) in [5.74, 6) is -0.112. The highest BCUT2D eigenvalue weighted by Crippen LogP contribution is 2.20. The van der Waals surface area contributed by atoms with Gasteiger partial charge in [-0.1, -0.05) is 0 Å². The molecule has 3 aromatic rings. The summed E-state index contributed by atoms with van der Waals surface area (Å²) in [6.45, 7) is 4.26. The number of pyridine rings is 1. The number of fused-ring (bicyclic) bond motifs is 1. The number of hydrogen-bond acceptors (Lipinski definition) is 6. The molecule has 1 aromatic carbocycles. The molecule has 0 aliphatic carbocycles. The SMILES string of the molecule is Cc1ncc2c(c1CNC(=O)c1ccc(-n3cnnn3)cc1)CCNC2. The third-order valence-electron chi connectivity index (χ3n) is 4.64. The maximum atomic E-state index is 12.5. The first-order chi connectivity index (χ1) is 12.7. The fourth-order valence-electron chi connectivity index (χ4n) is 3.19. The number of nitrogens with one attached hydrogen (secondary N) is 2. The minimum atomic E-state index is -0.112. The molecule has 1 aliphatic heterocycles. The van der Waals surface area contributed by atoms with Crippen molar-refractivity contribution >= 4 is 5.91 Å². The Morgan fingerprint density at radius 2 is 2.15 bits per heavy atom. The Bertz CT molecular complexity index is 919. The largest absolute Gasteiger partial charge is 0.348 e. The number of carbonyl (C=O) groups is 1. The Balaban J connectivity index is 1.48. The molecule has 26 heavy (non-hydrogen) atoms. The number of aryl methyl sites for hydroxylation is 1. The molecule has 2 N–H and O–H groups in total. The van der Waals surface area contributed by atoms with Crippen LogP contribution in [0.3, 0.4) is 0 Å². The van der Waals surface area contributed by atoms with Gasteiger partial charge < -0.3 is 10.6 Å². The molecule has 8 heteroatoms. The van der Waals surface area contributed by atoms with Gasteiger partial charge in [0.1, 0.15) is 6.33 Å². The van der Waals surface area contributed by atoms with Gasteiger partial charge in [0.05, 0.1) is 5.69 Å². The molecule has 1 aliphatic rings. The lowest BCUT2D eigenvalue weighted by molar-refractivity contribution is 0.0950. The predicted molar refractivity (Wildman–Crippen MR) is 94.7 cm³/mol. The van der Waals surface area contributed by atoms with E-state index in [1.807, 2.05) is 25.3 Å². The standard InChI is InChI=1S/C18H19N7O/c1-12-17(16-6-7-19-8-14(16)9-20-12)10-21-18(26)13-2-4-15(5-3-13)25-11-22-23-24-25/h2-5,9,11,19H,6-8,10H2,1H3,(H,21,26). The molecule has 1 amide bonds. The number of carbonyl (C=O) groups excluding carboxylic acids is 1. The van der Waals surface area contributed by atoms with Gasteiger partial charge in [0.2, 0.25) is 0 Å². The average Bonchev–Trinajstić information content (AvgIpc) is 3.22. The Hall–Kier alpha value is -3.13. The van der Waals surface area contributed by atoms with Crippen LogP contribution in [0.1, 0.15) is 32.7 Å². The van der Waals surface area contributed by atoms with Gasteiger partial charge in [-0.25, -0.2) is 4.68 Å². The molecule has 2 aromatic heterocycles. The molecule has 4 rings (SSSR count). The van der Waals surface area contributed by atoms with Gasteiger partial charge in [-0.2, -0.15) is 0 Å². The van der Waals surface area contributed by atoms with E-state index in [1.165, 1.54) is 17.5 Å². The summed E-state index contributed by atoms with van der Waals surface area (Å²) in [5.41, 5.74) is 6.03. The van der Waals surface area contributed by atoms with Crippen molar-refractivity contribution in [3.63, 3.8) is 0 Å². The first-order valence-corrected chi connectivity index (χ1v) is 8.51. The zero-order chi connectivity index (χ0) is 17.9. The maximum absolute atomic E-state index is 12.5. The van der Waals surface area contributed by atoms with Crippen LogP contribution < -0.4 is 10.6 Å². The van der Waals surface area contributed by atoms with Crippen LogP contribution in [-0.2, 0) is 19.5 Å². The number of rotatable bonds is 4. The average molecular weight is 349 g/mol. The van der Waals surface area contributed by atoms with Gasteiger partial charge >= 0.3 is 0 Å². The third-order valence-corrected chi connectivity index (χ3v) is 4.64. The molecule has 0 fully saturated rings. The van der Waals surface area contributed by atoms with E-state index < -0.39 is 0 Å². The normalized spacial score (nSPS) is 13.3. The minimum Gasteiger partial charge on any atom is -0.348 e. The monoisotopic (exact) mass is 349 g/mol. The summed E-state index contributed by atoms with van der Waals surface area (Å²) < 4.78 is 1.54. The van der Waals surface area contributed by atoms with E-state index in [4.69, 9.17) is 0 Å². The summed E-state index contributed by atoms with van der Waals surface area (Å²) in [5, 5.41) is 17.4. The van der Waals surface area contributed by atoms with E-state index in [0.29, 0.717) is 12.1 Å². The summed E-state index contributed by atoms with van der Waals surface area (Å²) in [6.07, 6.45) is 4.41.